The minimum Gasteiger partial charge on any atom is -0.347 e. The molecule has 1 aromatic heterocycles. The van der Waals surface area contributed by atoms with E-state index in [1.165, 1.54) is 0 Å². The molecule has 5 nitrogen and oxygen atoms in total. The Kier molecular flexibility index (Phi) is 3.19. The van der Waals surface area contributed by atoms with Gasteiger partial charge in [-0.15, -0.1) is 0 Å². The summed E-state index contributed by atoms with van der Waals surface area (Å²) in [7, 11) is 0. The van der Waals surface area contributed by atoms with E-state index in [-0.39, 0.29) is 23.0 Å². The summed E-state index contributed by atoms with van der Waals surface area (Å²) < 4.78 is 0. The van der Waals surface area contributed by atoms with Crippen molar-refractivity contribution in [3.8, 4) is 0 Å². The second-order valence-electron chi connectivity index (χ2n) is 6.67. The van der Waals surface area contributed by atoms with Crippen LogP contribution in [0.15, 0.2) is 12.3 Å². The van der Waals surface area contributed by atoms with Crippen molar-refractivity contribution in [3.05, 3.63) is 18.0 Å². The molecule has 1 amide bonds. The van der Waals surface area contributed by atoms with Crippen LogP contribution in [0.5, 0.6) is 0 Å². The molecule has 100 valence electrons. The summed E-state index contributed by atoms with van der Waals surface area (Å²) in [4.78, 5) is 12.0. The first-order valence-electron chi connectivity index (χ1n) is 6.45. The van der Waals surface area contributed by atoms with Gasteiger partial charge in [0.1, 0.15) is 5.69 Å². The SMILES string of the molecule is CC1(C)CC(NC(=O)c2ccn[nH]2)CC(C)(C)[NH2+]1. The van der Waals surface area contributed by atoms with Gasteiger partial charge in [0.05, 0.1) is 11.1 Å². The molecule has 2 rings (SSSR count). The van der Waals surface area contributed by atoms with Crippen molar-refractivity contribution >= 4 is 5.91 Å². The minimum absolute atomic E-state index is 0.0639. The second-order valence-corrected chi connectivity index (χ2v) is 6.67. The lowest BCUT2D eigenvalue weighted by Crippen LogP contribution is -3.06. The molecular weight excluding hydrogens is 228 g/mol. The summed E-state index contributed by atoms with van der Waals surface area (Å²) in [6.07, 6.45) is 3.56. The molecule has 2 heterocycles. The minimum atomic E-state index is -0.0639. The first-order chi connectivity index (χ1) is 8.27. The molecule has 0 saturated carbocycles. The zero-order valence-corrected chi connectivity index (χ0v) is 11.6. The number of nitrogens with zero attached hydrogens (tertiary/aromatic N) is 1. The molecule has 1 saturated heterocycles. The van der Waals surface area contributed by atoms with Gasteiger partial charge in [-0.3, -0.25) is 9.89 Å². The van der Waals surface area contributed by atoms with Crippen molar-refractivity contribution in [2.75, 3.05) is 0 Å². The quantitative estimate of drug-likeness (QED) is 0.713. The maximum atomic E-state index is 12.0. The van der Waals surface area contributed by atoms with E-state index in [9.17, 15) is 4.79 Å². The lowest BCUT2D eigenvalue weighted by atomic mass is 9.79. The molecule has 0 atom stereocenters. The molecule has 0 aliphatic carbocycles. The third-order valence-corrected chi connectivity index (χ3v) is 3.41. The van der Waals surface area contributed by atoms with Gasteiger partial charge in [0, 0.05) is 25.1 Å². The van der Waals surface area contributed by atoms with Gasteiger partial charge in [0.2, 0.25) is 0 Å². The number of piperidine rings is 1. The zero-order valence-electron chi connectivity index (χ0n) is 11.6. The van der Waals surface area contributed by atoms with Gasteiger partial charge >= 0.3 is 0 Å². The van der Waals surface area contributed by atoms with Crippen molar-refractivity contribution in [3.63, 3.8) is 0 Å². The largest absolute Gasteiger partial charge is 0.347 e. The highest BCUT2D eigenvalue weighted by Gasteiger charge is 2.42. The van der Waals surface area contributed by atoms with Gasteiger partial charge in [-0.1, -0.05) is 0 Å². The summed E-state index contributed by atoms with van der Waals surface area (Å²) in [5, 5.41) is 12.0. The third kappa shape index (κ3) is 3.10. The fourth-order valence-electron chi connectivity index (χ4n) is 3.27. The molecule has 0 bridgehead atoms. The zero-order chi connectivity index (χ0) is 13.4. The maximum Gasteiger partial charge on any atom is 0.269 e. The summed E-state index contributed by atoms with van der Waals surface area (Å²) in [5.74, 6) is -0.0639. The van der Waals surface area contributed by atoms with Crippen LogP contribution in [-0.4, -0.2) is 33.2 Å². The van der Waals surface area contributed by atoms with E-state index in [4.69, 9.17) is 0 Å². The van der Waals surface area contributed by atoms with E-state index in [1.54, 1.807) is 12.3 Å². The first-order valence-corrected chi connectivity index (χ1v) is 6.45. The number of aromatic amines is 1. The molecular formula is C13H23N4O+. The number of quaternary nitrogens is 1. The fraction of sp³-hybridized carbons (Fsp3) is 0.692. The Bertz CT molecular complexity index is 406. The number of rotatable bonds is 2. The van der Waals surface area contributed by atoms with Crippen molar-refractivity contribution in [2.24, 2.45) is 0 Å². The summed E-state index contributed by atoms with van der Waals surface area (Å²) in [6, 6.07) is 1.91. The van der Waals surface area contributed by atoms with E-state index >= 15 is 0 Å². The van der Waals surface area contributed by atoms with E-state index in [2.05, 4.69) is 48.5 Å². The highest BCUT2D eigenvalue weighted by Crippen LogP contribution is 2.21. The van der Waals surface area contributed by atoms with E-state index in [0.29, 0.717) is 5.69 Å². The topological polar surface area (TPSA) is 74.4 Å². The van der Waals surface area contributed by atoms with E-state index in [0.717, 1.165) is 12.8 Å². The number of carbonyl (C=O) groups excluding carboxylic acids is 1. The number of nitrogens with two attached hydrogens (primary N) is 1. The van der Waals surface area contributed by atoms with Gasteiger partial charge in [-0.05, 0) is 33.8 Å². The predicted molar refractivity (Wildman–Crippen MR) is 69.2 cm³/mol. The third-order valence-electron chi connectivity index (χ3n) is 3.41. The second kappa shape index (κ2) is 4.39. The molecule has 4 N–H and O–H groups in total. The molecule has 0 unspecified atom stereocenters. The lowest BCUT2D eigenvalue weighted by Gasteiger charge is -2.43. The average Bonchev–Trinajstić information content (AvgIpc) is 2.63. The molecule has 1 aliphatic rings. The van der Waals surface area contributed by atoms with Gasteiger partial charge in [0.15, 0.2) is 0 Å². The average molecular weight is 251 g/mol. The van der Waals surface area contributed by atoms with Crippen LogP contribution in [0, 0.1) is 0 Å². The maximum absolute atomic E-state index is 12.0. The van der Waals surface area contributed by atoms with Gasteiger partial charge in [0.25, 0.3) is 5.91 Å². The van der Waals surface area contributed by atoms with Crippen molar-refractivity contribution in [1.82, 2.24) is 15.5 Å². The van der Waals surface area contributed by atoms with Crippen LogP contribution in [0.4, 0.5) is 0 Å². The van der Waals surface area contributed by atoms with Crippen LogP contribution in [0.2, 0.25) is 0 Å². The highest BCUT2D eigenvalue weighted by atomic mass is 16.2. The molecule has 0 spiro atoms. The Balaban J connectivity index is 2.03. The number of carbonyl (C=O) groups is 1. The number of hydrogen-bond acceptors (Lipinski definition) is 2. The van der Waals surface area contributed by atoms with Crippen LogP contribution in [0.1, 0.15) is 51.0 Å². The molecule has 1 fully saturated rings. The van der Waals surface area contributed by atoms with Gasteiger partial charge in [-0.2, -0.15) is 5.10 Å². The van der Waals surface area contributed by atoms with Crippen molar-refractivity contribution < 1.29 is 10.1 Å². The number of nitrogens with one attached hydrogen (secondary N) is 2. The number of aromatic nitrogens is 2. The van der Waals surface area contributed by atoms with Crippen LogP contribution < -0.4 is 10.6 Å². The number of hydrogen-bond donors (Lipinski definition) is 3. The number of H-pyrrole nitrogens is 1. The first kappa shape index (κ1) is 13.1. The Morgan fingerprint density at radius 2 is 2.00 bits per heavy atom. The molecule has 0 aromatic carbocycles. The molecule has 18 heavy (non-hydrogen) atoms. The van der Waals surface area contributed by atoms with Crippen LogP contribution in [0.3, 0.4) is 0 Å². The smallest absolute Gasteiger partial charge is 0.269 e. The van der Waals surface area contributed by atoms with Crippen LogP contribution in [-0.2, 0) is 0 Å². The highest BCUT2D eigenvalue weighted by molar-refractivity contribution is 5.92. The van der Waals surface area contributed by atoms with Crippen molar-refractivity contribution in [2.45, 2.75) is 57.7 Å². The van der Waals surface area contributed by atoms with Crippen molar-refractivity contribution in [1.29, 1.82) is 0 Å². The van der Waals surface area contributed by atoms with Crippen LogP contribution in [0.25, 0.3) is 0 Å². The van der Waals surface area contributed by atoms with Crippen LogP contribution >= 0.6 is 0 Å². The summed E-state index contributed by atoms with van der Waals surface area (Å²) in [6.45, 7) is 8.90. The Morgan fingerprint density at radius 3 is 2.50 bits per heavy atom. The fourth-order valence-corrected chi connectivity index (χ4v) is 3.27. The number of amides is 1. The Morgan fingerprint density at radius 1 is 1.39 bits per heavy atom. The summed E-state index contributed by atoms with van der Waals surface area (Å²) in [5.41, 5.74) is 0.849. The molecule has 1 aromatic rings. The lowest BCUT2D eigenvalue weighted by molar-refractivity contribution is -0.787. The molecule has 0 radical (unpaired) electrons. The Hall–Kier alpha value is -1.36. The Labute approximate surface area is 108 Å². The monoisotopic (exact) mass is 251 g/mol. The normalized spacial score (nSPS) is 22.7. The standard InChI is InChI=1S/C13H22N4O/c1-12(2)7-9(8-13(3,4)17-12)15-11(18)10-5-6-14-16-10/h5-6,9,17H,7-8H2,1-4H3,(H,14,16)(H,15,18)/p+1. The molecule has 1 aliphatic heterocycles. The van der Waals surface area contributed by atoms with E-state index < -0.39 is 0 Å². The van der Waals surface area contributed by atoms with Gasteiger partial charge < -0.3 is 10.6 Å². The summed E-state index contributed by atoms with van der Waals surface area (Å²) >= 11 is 0. The molecule has 5 heteroatoms. The van der Waals surface area contributed by atoms with E-state index in [1.807, 2.05) is 0 Å². The predicted octanol–water partition coefficient (Wildman–Crippen LogP) is 0.423. The van der Waals surface area contributed by atoms with Gasteiger partial charge in [-0.25, -0.2) is 0 Å².